The molecular formula is C22H26N4O2. The summed E-state index contributed by atoms with van der Waals surface area (Å²) in [6.07, 6.45) is 1.69. The van der Waals surface area contributed by atoms with Crippen LogP contribution < -0.4 is 16.0 Å². The maximum Gasteiger partial charge on any atom is 0.221 e. The smallest absolute Gasteiger partial charge is 0.221 e. The minimum absolute atomic E-state index is 0.0974. The molecule has 1 amide bonds. The summed E-state index contributed by atoms with van der Waals surface area (Å²) in [5.41, 5.74) is 4.72. The number of carbonyl (C=O) groups excluding carboxylic acids is 1. The van der Waals surface area contributed by atoms with Crippen molar-refractivity contribution in [1.82, 2.24) is 0 Å². The van der Waals surface area contributed by atoms with Crippen LogP contribution in [0.5, 0.6) is 0 Å². The summed E-state index contributed by atoms with van der Waals surface area (Å²) in [6.45, 7) is 5.60. The molecule has 2 heterocycles. The van der Waals surface area contributed by atoms with Gasteiger partial charge in [-0.05, 0) is 24.6 Å². The number of fused-ring (bicyclic) bond motifs is 1. The van der Waals surface area contributed by atoms with Crippen LogP contribution in [-0.2, 0) is 16.1 Å². The number of carbonyl (C=O) groups is 1. The standard InChI is InChI=1S/C22H26N4O2/c1-15-5-3-6-17(13-15)14-23-21-22(9-11-28-12-10-22)26-19-8-4-7-18(20(19)25-21)24-16(2)27/h3-8,13,26H,9-12,14H2,1-2H3,(H,23,25)(H,24,27). The number of benzene rings is 2. The van der Waals surface area contributed by atoms with Crippen LogP contribution in [0.15, 0.2) is 47.5 Å². The van der Waals surface area contributed by atoms with Gasteiger partial charge in [-0.3, -0.25) is 9.79 Å². The predicted octanol–water partition coefficient (Wildman–Crippen LogP) is 3.94. The van der Waals surface area contributed by atoms with E-state index in [0.717, 1.165) is 35.7 Å². The van der Waals surface area contributed by atoms with Crippen LogP contribution in [0.3, 0.4) is 0 Å². The van der Waals surface area contributed by atoms with E-state index in [0.29, 0.717) is 19.8 Å². The van der Waals surface area contributed by atoms with Gasteiger partial charge in [-0.25, -0.2) is 0 Å². The van der Waals surface area contributed by atoms with Gasteiger partial charge in [0.2, 0.25) is 5.91 Å². The normalized spacial score (nSPS) is 18.9. The summed E-state index contributed by atoms with van der Waals surface area (Å²) in [4.78, 5) is 16.6. The molecule has 2 aromatic rings. The zero-order valence-corrected chi connectivity index (χ0v) is 16.3. The van der Waals surface area contributed by atoms with Crippen molar-refractivity contribution in [3.05, 3.63) is 53.6 Å². The van der Waals surface area contributed by atoms with Crippen molar-refractivity contribution < 1.29 is 9.53 Å². The van der Waals surface area contributed by atoms with E-state index in [1.165, 1.54) is 18.1 Å². The fraction of sp³-hybridized carbons (Fsp3) is 0.364. The number of amides is 1. The van der Waals surface area contributed by atoms with Crippen LogP contribution in [0.1, 0.15) is 30.9 Å². The Morgan fingerprint density at radius 1 is 1.21 bits per heavy atom. The molecule has 0 radical (unpaired) electrons. The molecule has 3 N–H and O–H groups in total. The first-order valence-electron chi connectivity index (χ1n) is 9.70. The van der Waals surface area contributed by atoms with Crippen molar-refractivity contribution in [2.75, 3.05) is 29.2 Å². The Kier molecular flexibility index (Phi) is 5.05. The summed E-state index contributed by atoms with van der Waals surface area (Å²) < 4.78 is 5.61. The van der Waals surface area contributed by atoms with Gasteiger partial charge < -0.3 is 20.7 Å². The SMILES string of the molecule is CC(=O)Nc1cccc2c1NC(=NCc1cccc(C)c1)C1(CCOCC1)N2. The molecule has 0 bridgehead atoms. The van der Waals surface area contributed by atoms with Gasteiger partial charge in [0.25, 0.3) is 0 Å². The fourth-order valence-corrected chi connectivity index (χ4v) is 3.89. The van der Waals surface area contributed by atoms with Crippen molar-refractivity contribution in [3.8, 4) is 0 Å². The van der Waals surface area contributed by atoms with Crippen LogP contribution in [0, 0.1) is 6.92 Å². The van der Waals surface area contributed by atoms with Crippen molar-refractivity contribution in [3.63, 3.8) is 0 Å². The molecule has 0 aromatic heterocycles. The summed E-state index contributed by atoms with van der Waals surface area (Å²) >= 11 is 0. The Hall–Kier alpha value is -2.86. The highest BCUT2D eigenvalue weighted by Crippen LogP contribution is 2.40. The number of anilines is 3. The second kappa shape index (κ2) is 7.64. The lowest BCUT2D eigenvalue weighted by Gasteiger charge is -2.44. The molecule has 2 aliphatic rings. The third-order valence-electron chi connectivity index (χ3n) is 5.29. The number of hydrogen-bond donors (Lipinski definition) is 3. The van der Waals surface area contributed by atoms with Crippen LogP contribution in [-0.4, -0.2) is 30.5 Å². The predicted molar refractivity (Wildman–Crippen MR) is 113 cm³/mol. The first-order chi connectivity index (χ1) is 13.6. The van der Waals surface area contributed by atoms with Crippen LogP contribution in [0.25, 0.3) is 0 Å². The topological polar surface area (TPSA) is 74.8 Å². The van der Waals surface area contributed by atoms with Gasteiger partial charge in [0.05, 0.1) is 29.1 Å². The Bertz CT molecular complexity index is 917. The quantitative estimate of drug-likeness (QED) is 0.756. The molecule has 0 unspecified atom stereocenters. The Labute approximate surface area is 165 Å². The first kappa shape index (κ1) is 18.5. The molecular weight excluding hydrogens is 352 g/mol. The van der Waals surface area contributed by atoms with Gasteiger partial charge in [0.1, 0.15) is 5.84 Å². The van der Waals surface area contributed by atoms with Crippen molar-refractivity contribution in [2.24, 2.45) is 4.99 Å². The summed E-state index contributed by atoms with van der Waals surface area (Å²) in [5.74, 6) is 0.808. The maximum atomic E-state index is 11.6. The van der Waals surface area contributed by atoms with Gasteiger partial charge in [0, 0.05) is 33.0 Å². The third-order valence-corrected chi connectivity index (χ3v) is 5.29. The fourth-order valence-electron chi connectivity index (χ4n) is 3.89. The number of aryl methyl sites for hydroxylation is 1. The van der Waals surface area contributed by atoms with Crippen molar-refractivity contribution >= 4 is 28.8 Å². The molecule has 1 spiro atoms. The second-order valence-electron chi connectivity index (χ2n) is 7.51. The van der Waals surface area contributed by atoms with Crippen LogP contribution >= 0.6 is 0 Å². The second-order valence-corrected chi connectivity index (χ2v) is 7.51. The van der Waals surface area contributed by atoms with Gasteiger partial charge >= 0.3 is 0 Å². The molecule has 146 valence electrons. The number of hydrogen-bond acceptors (Lipinski definition) is 4. The number of nitrogens with zero attached hydrogens (tertiary/aromatic N) is 1. The molecule has 2 aliphatic heterocycles. The van der Waals surface area contributed by atoms with E-state index in [1.807, 2.05) is 18.2 Å². The number of amidine groups is 1. The van der Waals surface area contributed by atoms with E-state index in [1.54, 1.807) is 0 Å². The third kappa shape index (κ3) is 3.73. The summed E-state index contributed by atoms with van der Waals surface area (Å²) in [7, 11) is 0. The van der Waals surface area contributed by atoms with E-state index < -0.39 is 0 Å². The average molecular weight is 378 g/mol. The molecule has 2 aromatic carbocycles. The zero-order valence-electron chi connectivity index (χ0n) is 16.3. The van der Waals surface area contributed by atoms with Crippen LogP contribution in [0.4, 0.5) is 17.1 Å². The highest BCUT2D eigenvalue weighted by atomic mass is 16.5. The molecule has 4 rings (SSSR count). The van der Waals surface area contributed by atoms with E-state index in [-0.39, 0.29) is 11.4 Å². The Balaban J connectivity index is 1.70. The van der Waals surface area contributed by atoms with Gasteiger partial charge in [-0.1, -0.05) is 35.9 Å². The molecule has 1 saturated heterocycles. The largest absolute Gasteiger partial charge is 0.381 e. The first-order valence-corrected chi connectivity index (χ1v) is 9.70. The number of para-hydroxylation sites is 1. The van der Waals surface area contributed by atoms with Crippen molar-refractivity contribution in [2.45, 2.75) is 38.8 Å². The maximum absolute atomic E-state index is 11.6. The highest BCUT2D eigenvalue weighted by molar-refractivity contribution is 6.13. The van der Waals surface area contributed by atoms with Gasteiger partial charge in [-0.15, -0.1) is 0 Å². The van der Waals surface area contributed by atoms with Crippen molar-refractivity contribution in [1.29, 1.82) is 0 Å². The highest BCUT2D eigenvalue weighted by Gasteiger charge is 2.42. The van der Waals surface area contributed by atoms with E-state index in [4.69, 9.17) is 9.73 Å². The number of nitrogens with one attached hydrogen (secondary N) is 3. The number of rotatable bonds is 3. The monoisotopic (exact) mass is 378 g/mol. The lowest BCUT2D eigenvalue weighted by Crippen LogP contribution is -2.55. The van der Waals surface area contributed by atoms with Gasteiger partial charge in [0.15, 0.2) is 0 Å². The molecule has 28 heavy (non-hydrogen) atoms. The summed E-state index contributed by atoms with van der Waals surface area (Å²) in [6, 6.07) is 14.3. The molecule has 0 atom stereocenters. The lowest BCUT2D eigenvalue weighted by molar-refractivity contribution is -0.114. The summed E-state index contributed by atoms with van der Waals surface area (Å²) in [5, 5.41) is 10.1. The molecule has 1 fully saturated rings. The minimum atomic E-state index is -0.274. The molecule has 0 saturated carbocycles. The van der Waals surface area contributed by atoms with E-state index >= 15 is 0 Å². The average Bonchev–Trinajstić information content (AvgIpc) is 2.67. The zero-order chi connectivity index (χ0) is 19.6. The van der Waals surface area contributed by atoms with Gasteiger partial charge in [-0.2, -0.15) is 0 Å². The molecule has 6 nitrogen and oxygen atoms in total. The van der Waals surface area contributed by atoms with Crippen LogP contribution in [0.2, 0.25) is 0 Å². The Morgan fingerprint density at radius 3 is 2.75 bits per heavy atom. The number of aliphatic imine (C=N–C) groups is 1. The molecule has 6 heteroatoms. The van der Waals surface area contributed by atoms with E-state index in [9.17, 15) is 4.79 Å². The molecule has 0 aliphatic carbocycles. The number of ether oxygens (including phenoxy) is 1. The Morgan fingerprint density at radius 2 is 2.00 bits per heavy atom. The minimum Gasteiger partial charge on any atom is -0.381 e. The van der Waals surface area contributed by atoms with E-state index in [2.05, 4.69) is 47.1 Å². The lowest BCUT2D eigenvalue weighted by atomic mass is 9.85.